The fourth-order valence-electron chi connectivity index (χ4n) is 3.13. The maximum absolute atomic E-state index is 12.8. The Hall–Kier alpha value is -2.57. The molecule has 27 heavy (non-hydrogen) atoms. The van der Waals surface area contributed by atoms with E-state index in [1.54, 1.807) is 18.2 Å². The summed E-state index contributed by atoms with van der Waals surface area (Å²) >= 11 is 5.89. The molecule has 0 bridgehead atoms. The fraction of sp³-hybridized carbons (Fsp3) is 0.300. The molecule has 142 valence electrons. The highest BCUT2D eigenvalue weighted by atomic mass is 35.5. The van der Waals surface area contributed by atoms with Crippen molar-refractivity contribution in [2.75, 3.05) is 25.7 Å². The molecular weight excluding hydrogens is 368 g/mol. The van der Waals surface area contributed by atoms with E-state index in [0.717, 1.165) is 12.0 Å². The van der Waals surface area contributed by atoms with Gasteiger partial charge in [-0.05, 0) is 17.7 Å². The van der Waals surface area contributed by atoms with Crippen molar-refractivity contribution < 1.29 is 24.4 Å². The van der Waals surface area contributed by atoms with Crippen LogP contribution in [0.15, 0.2) is 42.5 Å². The van der Waals surface area contributed by atoms with Crippen LogP contribution in [0.1, 0.15) is 12.0 Å². The van der Waals surface area contributed by atoms with E-state index in [0.29, 0.717) is 28.8 Å². The summed E-state index contributed by atoms with van der Waals surface area (Å²) in [4.78, 5) is 26.4. The SMILES string of the molecule is COc1cc(OC)cc(N2C(=O)C[C@@H]([NH2+]CCc3ccc(Cl)cc3)C2=O)c1. The highest BCUT2D eigenvalue weighted by molar-refractivity contribution is 6.30. The Balaban J connectivity index is 1.67. The number of methoxy groups -OCH3 is 2. The molecule has 2 N–H and O–H groups in total. The molecule has 1 aliphatic rings. The molecule has 3 rings (SSSR count). The molecule has 0 aliphatic carbocycles. The predicted octanol–water partition coefficient (Wildman–Crippen LogP) is 1.80. The van der Waals surface area contributed by atoms with E-state index in [2.05, 4.69) is 0 Å². The van der Waals surface area contributed by atoms with Crippen molar-refractivity contribution in [1.82, 2.24) is 0 Å². The van der Waals surface area contributed by atoms with E-state index in [1.807, 2.05) is 29.6 Å². The first-order valence-corrected chi connectivity index (χ1v) is 9.07. The number of quaternary nitrogens is 1. The predicted molar refractivity (Wildman–Crippen MR) is 102 cm³/mol. The number of halogens is 1. The molecule has 7 heteroatoms. The van der Waals surface area contributed by atoms with E-state index in [9.17, 15) is 9.59 Å². The highest BCUT2D eigenvalue weighted by Gasteiger charge is 2.42. The number of rotatable bonds is 7. The molecule has 2 amide bonds. The Morgan fingerprint density at radius 2 is 1.70 bits per heavy atom. The zero-order chi connectivity index (χ0) is 19.4. The molecule has 0 unspecified atom stereocenters. The van der Waals surface area contributed by atoms with Crippen LogP contribution in [0.3, 0.4) is 0 Å². The largest absolute Gasteiger partial charge is 0.497 e. The van der Waals surface area contributed by atoms with Crippen molar-refractivity contribution in [1.29, 1.82) is 0 Å². The van der Waals surface area contributed by atoms with E-state index in [-0.39, 0.29) is 18.2 Å². The van der Waals surface area contributed by atoms with Crippen molar-refractivity contribution in [3.63, 3.8) is 0 Å². The van der Waals surface area contributed by atoms with Gasteiger partial charge in [0.15, 0.2) is 6.04 Å². The number of nitrogens with two attached hydrogens (primary N) is 1. The van der Waals surface area contributed by atoms with E-state index in [1.165, 1.54) is 19.1 Å². The van der Waals surface area contributed by atoms with Crippen LogP contribution in [0.5, 0.6) is 11.5 Å². The lowest BCUT2D eigenvalue weighted by molar-refractivity contribution is -0.674. The maximum atomic E-state index is 12.8. The van der Waals surface area contributed by atoms with Gasteiger partial charge in [0.05, 0.1) is 32.9 Å². The summed E-state index contributed by atoms with van der Waals surface area (Å²) in [5.74, 6) is 0.620. The van der Waals surface area contributed by atoms with Gasteiger partial charge in [0.1, 0.15) is 11.5 Å². The average Bonchev–Trinajstić information content (AvgIpc) is 2.96. The number of ether oxygens (including phenoxy) is 2. The molecule has 1 atom stereocenters. The third kappa shape index (κ3) is 4.40. The summed E-state index contributed by atoms with van der Waals surface area (Å²) in [6.07, 6.45) is 0.973. The van der Waals surface area contributed by atoms with Gasteiger partial charge in [0.25, 0.3) is 5.91 Å². The molecule has 1 saturated heterocycles. The minimum Gasteiger partial charge on any atom is -0.497 e. The molecule has 0 radical (unpaired) electrons. The zero-order valence-electron chi connectivity index (χ0n) is 15.3. The van der Waals surface area contributed by atoms with Gasteiger partial charge in [-0.1, -0.05) is 23.7 Å². The number of carbonyl (C=O) groups is 2. The lowest BCUT2D eigenvalue weighted by atomic mass is 10.1. The minimum absolute atomic E-state index is 0.180. The van der Waals surface area contributed by atoms with Crippen molar-refractivity contribution in [3.8, 4) is 11.5 Å². The fourth-order valence-corrected chi connectivity index (χ4v) is 3.26. The Morgan fingerprint density at radius 1 is 1.07 bits per heavy atom. The molecule has 2 aromatic carbocycles. The summed E-state index contributed by atoms with van der Waals surface area (Å²) in [5, 5.41) is 2.62. The Labute approximate surface area is 163 Å². The van der Waals surface area contributed by atoms with Gasteiger partial charge in [-0.2, -0.15) is 0 Å². The second-order valence-electron chi connectivity index (χ2n) is 6.35. The number of benzene rings is 2. The third-order valence-electron chi connectivity index (χ3n) is 4.57. The smallest absolute Gasteiger partial charge is 0.292 e. The number of nitrogens with zero attached hydrogens (tertiary/aromatic N) is 1. The maximum Gasteiger partial charge on any atom is 0.292 e. The second-order valence-corrected chi connectivity index (χ2v) is 6.79. The van der Waals surface area contributed by atoms with Gasteiger partial charge < -0.3 is 14.8 Å². The van der Waals surface area contributed by atoms with Gasteiger partial charge in [0, 0.05) is 29.6 Å². The summed E-state index contributed by atoms with van der Waals surface area (Å²) < 4.78 is 10.5. The van der Waals surface area contributed by atoms with E-state index < -0.39 is 6.04 Å². The standard InChI is InChI=1S/C20H21ClN2O4/c1-26-16-9-15(10-17(11-16)27-2)23-19(24)12-18(20(23)25)22-8-7-13-3-5-14(21)6-4-13/h3-6,9-11,18,22H,7-8,12H2,1-2H3/p+1/t18-/m1/s1. The molecule has 0 spiro atoms. The molecule has 6 nitrogen and oxygen atoms in total. The molecule has 1 heterocycles. The van der Waals surface area contributed by atoms with Gasteiger partial charge in [-0.25, -0.2) is 4.90 Å². The Kier molecular flexibility index (Phi) is 5.98. The molecule has 2 aromatic rings. The first kappa shape index (κ1) is 19.2. The van der Waals surface area contributed by atoms with Crippen molar-refractivity contribution in [2.45, 2.75) is 18.9 Å². The van der Waals surface area contributed by atoms with Crippen LogP contribution >= 0.6 is 11.6 Å². The summed E-state index contributed by atoms with van der Waals surface area (Å²) in [6, 6.07) is 12.2. The van der Waals surface area contributed by atoms with Gasteiger partial charge in [0.2, 0.25) is 5.91 Å². The Bertz CT molecular complexity index is 816. The van der Waals surface area contributed by atoms with Crippen LogP contribution in [0.25, 0.3) is 0 Å². The first-order chi connectivity index (χ1) is 13.0. The number of anilines is 1. The van der Waals surface area contributed by atoms with Gasteiger partial charge >= 0.3 is 0 Å². The van der Waals surface area contributed by atoms with Gasteiger partial charge in [-0.15, -0.1) is 0 Å². The van der Waals surface area contributed by atoms with Crippen LogP contribution < -0.4 is 19.7 Å². The topological polar surface area (TPSA) is 72.5 Å². The van der Waals surface area contributed by atoms with Crippen molar-refractivity contribution >= 4 is 29.1 Å². The first-order valence-electron chi connectivity index (χ1n) is 8.69. The quantitative estimate of drug-likeness (QED) is 0.733. The summed E-state index contributed by atoms with van der Waals surface area (Å²) in [7, 11) is 3.05. The molecular formula is C20H22ClN2O4+. The summed E-state index contributed by atoms with van der Waals surface area (Å²) in [5.41, 5.74) is 1.61. The lowest BCUT2D eigenvalue weighted by Gasteiger charge is -2.16. The van der Waals surface area contributed by atoms with Crippen LogP contribution in [0.2, 0.25) is 5.02 Å². The molecule has 0 saturated carbocycles. The zero-order valence-corrected chi connectivity index (χ0v) is 16.0. The van der Waals surface area contributed by atoms with E-state index in [4.69, 9.17) is 21.1 Å². The van der Waals surface area contributed by atoms with Crippen molar-refractivity contribution in [3.05, 3.63) is 53.1 Å². The number of carbonyl (C=O) groups excluding carboxylic acids is 2. The number of amides is 2. The minimum atomic E-state index is -0.415. The molecule has 1 fully saturated rings. The Morgan fingerprint density at radius 3 is 2.30 bits per heavy atom. The van der Waals surface area contributed by atoms with Gasteiger partial charge in [-0.3, -0.25) is 9.59 Å². The molecule has 1 aliphatic heterocycles. The third-order valence-corrected chi connectivity index (χ3v) is 4.83. The number of hydrogen-bond donors (Lipinski definition) is 1. The highest BCUT2D eigenvalue weighted by Crippen LogP contribution is 2.31. The van der Waals surface area contributed by atoms with Crippen molar-refractivity contribution in [2.24, 2.45) is 0 Å². The van der Waals surface area contributed by atoms with Crippen LogP contribution in [0, 0.1) is 0 Å². The van der Waals surface area contributed by atoms with Crippen LogP contribution in [0.4, 0.5) is 5.69 Å². The normalized spacial score (nSPS) is 16.7. The van der Waals surface area contributed by atoms with E-state index >= 15 is 0 Å². The van der Waals surface area contributed by atoms with Crippen LogP contribution in [-0.4, -0.2) is 38.6 Å². The average molecular weight is 390 g/mol. The van der Waals surface area contributed by atoms with Crippen LogP contribution in [-0.2, 0) is 16.0 Å². The molecule has 0 aromatic heterocycles. The number of hydrogen-bond acceptors (Lipinski definition) is 4. The lowest BCUT2D eigenvalue weighted by Crippen LogP contribution is -2.92. The summed E-state index contributed by atoms with van der Waals surface area (Å²) in [6.45, 7) is 0.709. The monoisotopic (exact) mass is 389 g/mol. The number of imide groups is 1. The second kappa shape index (κ2) is 8.41.